The van der Waals surface area contributed by atoms with Gasteiger partial charge in [0.2, 0.25) is 0 Å². The van der Waals surface area contributed by atoms with Gasteiger partial charge in [0.1, 0.15) is 16.8 Å². The summed E-state index contributed by atoms with van der Waals surface area (Å²) in [5, 5.41) is 12.3. The number of esters is 1. The van der Waals surface area contributed by atoms with Crippen LogP contribution in [0, 0.1) is 25.2 Å². The molecule has 0 aliphatic heterocycles. The number of nitrogens with one attached hydrogen (secondary N) is 1. The fourth-order valence-corrected chi connectivity index (χ4v) is 3.83. The molecule has 0 spiro atoms. The van der Waals surface area contributed by atoms with E-state index in [1.165, 1.54) is 0 Å². The first-order valence-electron chi connectivity index (χ1n) is 8.76. The van der Waals surface area contributed by atoms with E-state index < -0.39 is 18.5 Å². The van der Waals surface area contributed by atoms with Gasteiger partial charge >= 0.3 is 5.97 Å². The average molecular weight is 428 g/mol. The fraction of sp³-hybridized carbons (Fsp3) is 0.190. The first kappa shape index (κ1) is 20.6. The third-order valence-electron chi connectivity index (χ3n) is 4.49. The van der Waals surface area contributed by atoms with Gasteiger partial charge in [0, 0.05) is 12.2 Å². The zero-order chi connectivity index (χ0) is 21.0. The van der Waals surface area contributed by atoms with Crippen LogP contribution < -0.4 is 5.32 Å². The normalized spacial score (nSPS) is 10.4. The minimum Gasteiger partial charge on any atom is -0.451 e. The van der Waals surface area contributed by atoms with Gasteiger partial charge in [0.25, 0.3) is 5.91 Å². The van der Waals surface area contributed by atoms with Crippen LogP contribution in [0.2, 0.25) is 4.34 Å². The molecule has 0 fully saturated rings. The van der Waals surface area contributed by atoms with E-state index in [0.29, 0.717) is 27.1 Å². The average Bonchev–Trinajstić information content (AvgIpc) is 3.24. The molecule has 0 radical (unpaired) electrons. The Bertz CT molecular complexity index is 1100. The van der Waals surface area contributed by atoms with E-state index in [1.54, 1.807) is 12.1 Å². The van der Waals surface area contributed by atoms with Crippen molar-refractivity contribution in [3.05, 3.63) is 74.1 Å². The maximum atomic E-state index is 12.4. The van der Waals surface area contributed by atoms with E-state index in [1.807, 2.05) is 48.7 Å². The Kier molecular flexibility index (Phi) is 6.37. The minimum atomic E-state index is -0.621. The predicted octanol–water partition coefficient (Wildman–Crippen LogP) is 4.54. The van der Waals surface area contributed by atoms with E-state index >= 15 is 0 Å². The van der Waals surface area contributed by atoms with Gasteiger partial charge in [-0.25, -0.2) is 4.79 Å². The Morgan fingerprint density at radius 2 is 1.93 bits per heavy atom. The van der Waals surface area contributed by atoms with E-state index in [4.69, 9.17) is 16.3 Å². The van der Waals surface area contributed by atoms with E-state index in [2.05, 4.69) is 11.4 Å². The van der Waals surface area contributed by atoms with Crippen LogP contribution in [0.25, 0.3) is 0 Å². The molecule has 2 heterocycles. The number of hydrogen-bond donors (Lipinski definition) is 1. The second-order valence-corrected chi connectivity index (χ2v) is 8.06. The quantitative estimate of drug-likeness (QED) is 0.585. The predicted molar refractivity (Wildman–Crippen MR) is 112 cm³/mol. The fourth-order valence-electron chi connectivity index (χ4n) is 2.89. The van der Waals surface area contributed by atoms with Crippen LogP contribution in [-0.2, 0) is 16.1 Å². The molecule has 1 N–H and O–H groups in total. The van der Waals surface area contributed by atoms with Crippen LogP contribution in [0.3, 0.4) is 0 Å². The number of nitriles is 1. The number of aromatic nitrogens is 1. The van der Waals surface area contributed by atoms with Gasteiger partial charge in [-0.05, 0) is 37.1 Å². The zero-order valence-electron chi connectivity index (χ0n) is 15.9. The number of hydrogen-bond acceptors (Lipinski definition) is 5. The standard InChI is InChI=1S/C21H18ClN3O3S/c1-13-14(2)25(11-15-6-4-3-5-7-15)20(16(13)10-23)24-19(26)12-28-21(27)17-8-9-18(22)29-17/h3-9H,11-12H2,1-2H3,(H,24,26). The van der Waals surface area contributed by atoms with E-state index in [9.17, 15) is 14.9 Å². The zero-order valence-corrected chi connectivity index (χ0v) is 17.4. The summed E-state index contributed by atoms with van der Waals surface area (Å²) in [4.78, 5) is 24.7. The lowest BCUT2D eigenvalue weighted by molar-refractivity contribution is -0.119. The molecule has 0 saturated heterocycles. The number of rotatable bonds is 6. The van der Waals surface area contributed by atoms with Crippen molar-refractivity contribution in [2.24, 2.45) is 0 Å². The molecule has 8 heteroatoms. The molecule has 2 aromatic heterocycles. The maximum absolute atomic E-state index is 12.4. The number of nitrogens with zero attached hydrogens (tertiary/aromatic N) is 2. The molecule has 29 heavy (non-hydrogen) atoms. The van der Waals surface area contributed by atoms with Crippen LogP contribution in [0.4, 0.5) is 5.82 Å². The first-order valence-corrected chi connectivity index (χ1v) is 9.96. The lowest BCUT2D eigenvalue weighted by Crippen LogP contribution is -2.23. The number of carbonyl (C=O) groups excluding carboxylic acids is 2. The molecule has 0 atom stereocenters. The van der Waals surface area contributed by atoms with Crippen molar-refractivity contribution in [3.63, 3.8) is 0 Å². The second kappa shape index (κ2) is 8.95. The third kappa shape index (κ3) is 4.67. The summed E-state index contributed by atoms with van der Waals surface area (Å²) < 4.78 is 7.39. The smallest absolute Gasteiger partial charge is 0.348 e. The maximum Gasteiger partial charge on any atom is 0.348 e. The number of halogens is 1. The van der Waals surface area contributed by atoms with Crippen molar-refractivity contribution in [2.75, 3.05) is 11.9 Å². The lowest BCUT2D eigenvalue weighted by atomic mass is 10.2. The molecule has 0 aliphatic carbocycles. The van der Waals surface area contributed by atoms with Gasteiger partial charge in [-0.1, -0.05) is 41.9 Å². The summed E-state index contributed by atoms with van der Waals surface area (Å²) in [6.45, 7) is 3.77. The summed E-state index contributed by atoms with van der Waals surface area (Å²) in [5.74, 6) is -0.750. The Hall–Kier alpha value is -3.08. The summed E-state index contributed by atoms with van der Waals surface area (Å²) in [6.07, 6.45) is 0. The van der Waals surface area contributed by atoms with Crippen molar-refractivity contribution in [2.45, 2.75) is 20.4 Å². The number of benzene rings is 1. The van der Waals surface area contributed by atoms with Gasteiger partial charge in [-0.3, -0.25) is 4.79 Å². The molecule has 0 aliphatic rings. The van der Waals surface area contributed by atoms with Gasteiger partial charge in [0.15, 0.2) is 6.61 Å². The number of ether oxygens (including phenoxy) is 1. The Labute approximate surface area is 177 Å². The van der Waals surface area contributed by atoms with Gasteiger partial charge in [0.05, 0.1) is 9.90 Å². The molecule has 6 nitrogen and oxygen atoms in total. The number of amides is 1. The van der Waals surface area contributed by atoms with Crippen molar-refractivity contribution in [1.82, 2.24) is 4.57 Å². The highest BCUT2D eigenvalue weighted by atomic mass is 35.5. The van der Waals surface area contributed by atoms with Crippen LogP contribution in [0.1, 0.15) is 32.1 Å². The summed E-state index contributed by atoms with van der Waals surface area (Å²) >= 11 is 6.89. The van der Waals surface area contributed by atoms with E-state index in [-0.39, 0.29) is 0 Å². The molecule has 0 unspecified atom stereocenters. The van der Waals surface area contributed by atoms with Crippen molar-refractivity contribution < 1.29 is 14.3 Å². The first-order chi connectivity index (χ1) is 13.9. The van der Waals surface area contributed by atoms with Crippen molar-refractivity contribution in [3.8, 4) is 6.07 Å². The number of thiophene rings is 1. The Balaban J connectivity index is 1.76. The highest BCUT2D eigenvalue weighted by Gasteiger charge is 2.20. The van der Waals surface area contributed by atoms with Crippen LogP contribution in [0.15, 0.2) is 42.5 Å². The molecule has 148 valence electrons. The monoisotopic (exact) mass is 427 g/mol. The molecule has 1 amide bonds. The molecular weight excluding hydrogens is 410 g/mol. The Morgan fingerprint density at radius 3 is 2.55 bits per heavy atom. The van der Waals surface area contributed by atoms with Crippen molar-refractivity contribution in [1.29, 1.82) is 5.26 Å². The highest BCUT2D eigenvalue weighted by molar-refractivity contribution is 7.17. The molecule has 3 aromatic rings. The van der Waals surface area contributed by atoms with Crippen LogP contribution in [-0.4, -0.2) is 23.1 Å². The Morgan fingerprint density at radius 1 is 1.21 bits per heavy atom. The highest BCUT2D eigenvalue weighted by Crippen LogP contribution is 2.27. The topological polar surface area (TPSA) is 84.1 Å². The van der Waals surface area contributed by atoms with E-state index in [0.717, 1.165) is 28.2 Å². The minimum absolute atomic E-state index is 0.319. The third-order valence-corrected chi connectivity index (χ3v) is 5.70. The van der Waals surface area contributed by atoms with Gasteiger partial charge < -0.3 is 14.6 Å². The van der Waals surface area contributed by atoms with Gasteiger partial charge in [-0.15, -0.1) is 11.3 Å². The molecule has 0 saturated carbocycles. The lowest BCUT2D eigenvalue weighted by Gasteiger charge is -2.13. The summed E-state index contributed by atoms with van der Waals surface area (Å²) in [7, 11) is 0. The molecule has 1 aromatic carbocycles. The SMILES string of the molecule is Cc1c(C#N)c(NC(=O)COC(=O)c2ccc(Cl)s2)n(Cc2ccccc2)c1C. The summed E-state index contributed by atoms with van der Waals surface area (Å²) in [5.41, 5.74) is 3.10. The molecule has 0 bridgehead atoms. The molecule has 3 rings (SSSR count). The number of carbonyl (C=O) groups is 2. The van der Waals surface area contributed by atoms with Crippen LogP contribution >= 0.6 is 22.9 Å². The largest absolute Gasteiger partial charge is 0.451 e. The number of anilines is 1. The molecular formula is C21H18ClN3O3S. The second-order valence-electron chi connectivity index (χ2n) is 6.35. The summed E-state index contributed by atoms with van der Waals surface area (Å²) in [6, 6.07) is 15.0. The van der Waals surface area contributed by atoms with Crippen molar-refractivity contribution >= 4 is 40.6 Å². The van der Waals surface area contributed by atoms with Gasteiger partial charge in [-0.2, -0.15) is 5.26 Å². The van der Waals surface area contributed by atoms with Crippen LogP contribution in [0.5, 0.6) is 0 Å².